The molecule has 0 saturated heterocycles. The topological polar surface area (TPSA) is 26.3 Å². The summed E-state index contributed by atoms with van der Waals surface area (Å²) in [5.74, 6) is -0.0844. The van der Waals surface area contributed by atoms with Crippen LogP contribution in [0.2, 0.25) is 0 Å². The highest BCUT2D eigenvalue weighted by Gasteiger charge is 2.15. The predicted octanol–water partition coefficient (Wildman–Crippen LogP) is 7.79. The number of hydrogen-bond acceptors (Lipinski definition) is 5. The van der Waals surface area contributed by atoms with Gasteiger partial charge in [-0.2, -0.15) is 0 Å². The Hall–Kier alpha value is -1.99. The lowest BCUT2D eigenvalue weighted by atomic mass is 10.1. The molecule has 0 radical (unpaired) electrons. The van der Waals surface area contributed by atoms with Crippen molar-refractivity contribution >= 4 is 80.3 Å². The molecule has 0 spiro atoms. The first-order valence-electron chi connectivity index (χ1n) is 11.1. The number of ether oxygens (including phenoxy) is 1. The van der Waals surface area contributed by atoms with Gasteiger partial charge in [-0.25, -0.2) is 0 Å². The second-order valence-electron chi connectivity index (χ2n) is 9.42. The van der Waals surface area contributed by atoms with Crippen molar-refractivity contribution in [2.45, 2.75) is 32.3 Å². The number of esters is 1. The third-order valence-corrected chi connectivity index (χ3v) is 8.94. The highest BCUT2D eigenvalue weighted by Crippen LogP contribution is 2.44. The first-order valence-corrected chi connectivity index (χ1v) is 13.6. The molecule has 0 amide bonds. The fourth-order valence-corrected chi connectivity index (χ4v) is 7.22. The number of benzene rings is 2. The molecule has 6 heteroatoms. The first-order chi connectivity index (χ1) is 15.4. The van der Waals surface area contributed by atoms with E-state index in [0.29, 0.717) is 13.0 Å². The van der Waals surface area contributed by atoms with Crippen LogP contribution in [0.3, 0.4) is 0 Å². The third-order valence-electron chi connectivity index (χ3n) is 5.87. The summed E-state index contributed by atoms with van der Waals surface area (Å²) in [7, 11) is 6.61. The number of quaternary nitrogens is 1. The lowest BCUT2D eigenvalue weighted by Gasteiger charge is -2.23. The van der Waals surface area contributed by atoms with Crippen LogP contribution in [0.5, 0.6) is 0 Å². The SMILES string of the molecule is C[N+](C)(C)CCCCCC(=O)OCc1cc2c(ccc3sc4ccc5sccc5c4c32)s1. The third kappa shape index (κ3) is 4.42. The standard InChI is InChI=1S/C26H28NO2S3/c1-27(2,3)13-6-4-5-7-24(28)29-16-17-15-19-21(31-17)9-11-23-26(19)25-18-12-14-30-20(18)8-10-22(25)32-23/h8-12,14-15H,4-7,13,16H2,1-3H3/q+1. The van der Waals surface area contributed by atoms with Gasteiger partial charge in [0, 0.05) is 51.6 Å². The largest absolute Gasteiger partial charge is 0.460 e. The van der Waals surface area contributed by atoms with Crippen molar-refractivity contribution in [3.05, 3.63) is 46.7 Å². The number of nitrogens with zero attached hydrogens (tertiary/aromatic N) is 1. The van der Waals surface area contributed by atoms with Crippen molar-refractivity contribution in [3.8, 4) is 0 Å². The fraction of sp³-hybridized carbons (Fsp3) is 0.346. The minimum absolute atomic E-state index is 0.0844. The maximum Gasteiger partial charge on any atom is 0.306 e. The minimum Gasteiger partial charge on any atom is -0.460 e. The summed E-state index contributed by atoms with van der Waals surface area (Å²) in [6, 6.07) is 13.4. The van der Waals surface area contributed by atoms with E-state index in [1.54, 1.807) is 22.7 Å². The van der Waals surface area contributed by atoms with Crippen LogP contribution in [0, 0.1) is 0 Å². The van der Waals surface area contributed by atoms with Gasteiger partial charge in [0.25, 0.3) is 0 Å². The number of carbonyl (C=O) groups is 1. The second kappa shape index (κ2) is 8.75. The number of hydrogen-bond donors (Lipinski definition) is 0. The van der Waals surface area contributed by atoms with Crippen LogP contribution in [0.25, 0.3) is 40.3 Å². The van der Waals surface area contributed by atoms with E-state index in [9.17, 15) is 4.79 Å². The van der Waals surface area contributed by atoms with Gasteiger partial charge >= 0.3 is 5.97 Å². The first kappa shape index (κ1) is 21.8. The highest BCUT2D eigenvalue weighted by atomic mass is 32.1. The monoisotopic (exact) mass is 482 g/mol. The molecule has 0 fully saturated rings. The van der Waals surface area contributed by atoms with Gasteiger partial charge in [0.15, 0.2) is 0 Å². The predicted molar refractivity (Wildman–Crippen MR) is 141 cm³/mol. The Bertz CT molecular complexity index is 1420. The van der Waals surface area contributed by atoms with Crippen LogP contribution in [0.15, 0.2) is 41.8 Å². The van der Waals surface area contributed by atoms with Crippen LogP contribution < -0.4 is 0 Å². The molecule has 0 aliphatic carbocycles. The van der Waals surface area contributed by atoms with Crippen molar-refractivity contribution in [2.24, 2.45) is 0 Å². The quantitative estimate of drug-likeness (QED) is 0.128. The molecule has 0 aliphatic rings. The molecule has 0 N–H and O–H groups in total. The van der Waals surface area contributed by atoms with E-state index in [1.165, 1.54) is 40.3 Å². The molecule has 32 heavy (non-hydrogen) atoms. The Morgan fingerprint density at radius 1 is 0.844 bits per heavy atom. The molecular weight excluding hydrogens is 454 g/mol. The van der Waals surface area contributed by atoms with E-state index in [1.807, 2.05) is 11.3 Å². The zero-order valence-corrected chi connectivity index (χ0v) is 21.2. The van der Waals surface area contributed by atoms with E-state index in [4.69, 9.17) is 4.74 Å². The van der Waals surface area contributed by atoms with Crippen molar-refractivity contribution < 1.29 is 14.0 Å². The van der Waals surface area contributed by atoms with Gasteiger partial charge in [-0.1, -0.05) is 0 Å². The molecule has 3 nitrogen and oxygen atoms in total. The Balaban J connectivity index is 1.32. The summed E-state index contributed by atoms with van der Waals surface area (Å²) in [5, 5.41) is 7.51. The summed E-state index contributed by atoms with van der Waals surface area (Å²) >= 11 is 5.39. The van der Waals surface area contributed by atoms with E-state index in [2.05, 4.69) is 62.9 Å². The van der Waals surface area contributed by atoms with Crippen molar-refractivity contribution in [1.82, 2.24) is 0 Å². The molecule has 0 bridgehead atoms. The molecule has 5 rings (SSSR count). The van der Waals surface area contributed by atoms with Crippen molar-refractivity contribution in [2.75, 3.05) is 27.7 Å². The number of rotatable bonds is 8. The van der Waals surface area contributed by atoms with Gasteiger partial charge in [0.2, 0.25) is 0 Å². The zero-order valence-electron chi connectivity index (χ0n) is 18.8. The molecule has 166 valence electrons. The Labute approximate surface area is 200 Å². The maximum absolute atomic E-state index is 12.2. The van der Waals surface area contributed by atoms with Crippen LogP contribution in [-0.4, -0.2) is 38.1 Å². The second-order valence-corrected chi connectivity index (χ2v) is 12.6. The van der Waals surface area contributed by atoms with Crippen molar-refractivity contribution in [3.63, 3.8) is 0 Å². The average Bonchev–Trinajstić information content (AvgIpc) is 3.45. The highest BCUT2D eigenvalue weighted by molar-refractivity contribution is 7.27. The Morgan fingerprint density at radius 3 is 2.34 bits per heavy atom. The summed E-state index contributed by atoms with van der Waals surface area (Å²) in [6.07, 6.45) is 3.64. The van der Waals surface area contributed by atoms with E-state index < -0.39 is 0 Å². The minimum atomic E-state index is -0.0844. The van der Waals surface area contributed by atoms with E-state index in [-0.39, 0.29) is 5.97 Å². The maximum atomic E-state index is 12.2. The molecular formula is C26H28NO2S3+. The number of unbranched alkanes of at least 4 members (excludes halogenated alkanes) is 2. The van der Waals surface area contributed by atoms with E-state index >= 15 is 0 Å². The molecule has 2 aromatic carbocycles. The molecule has 0 atom stereocenters. The van der Waals surface area contributed by atoms with Crippen LogP contribution in [0.4, 0.5) is 0 Å². The molecule has 0 saturated carbocycles. The molecule has 3 heterocycles. The number of fused-ring (bicyclic) bond motifs is 7. The average molecular weight is 483 g/mol. The Kier molecular flexibility index (Phi) is 5.97. The smallest absolute Gasteiger partial charge is 0.306 e. The van der Waals surface area contributed by atoms with Gasteiger partial charge in [-0.15, -0.1) is 34.0 Å². The van der Waals surface area contributed by atoms with Crippen LogP contribution in [-0.2, 0) is 16.1 Å². The molecule has 0 aliphatic heterocycles. The van der Waals surface area contributed by atoms with E-state index in [0.717, 1.165) is 35.2 Å². The summed E-state index contributed by atoms with van der Waals surface area (Å²) in [4.78, 5) is 13.3. The molecule has 5 aromatic rings. The normalized spacial score (nSPS) is 12.5. The van der Waals surface area contributed by atoms with Crippen molar-refractivity contribution in [1.29, 1.82) is 0 Å². The van der Waals surface area contributed by atoms with Gasteiger partial charge < -0.3 is 9.22 Å². The zero-order chi connectivity index (χ0) is 22.3. The fourth-order valence-electron chi connectivity index (χ4n) is 4.30. The molecule has 3 aromatic heterocycles. The number of carbonyl (C=O) groups excluding carboxylic acids is 1. The summed E-state index contributed by atoms with van der Waals surface area (Å²) < 4.78 is 11.8. The van der Waals surface area contributed by atoms with Gasteiger partial charge in [0.1, 0.15) is 6.61 Å². The molecule has 0 unspecified atom stereocenters. The summed E-state index contributed by atoms with van der Waals surface area (Å²) in [5.41, 5.74) is 0. The summed E-state index contributed by atoms with van der Waals surface area (Å²) in [6.45, 7) is 1.51. The van der Waals surface area contributed by atoms with Crippen LogP contribution >= 0.6 is 34.0 Å². The number of thiophene rings is 3. The van der Waals surface area contributed by atoms with Gasteiger partial charge in [-0.05, 0) is 61.0 Å². The van der Waals surface area contributed by atoms with Gasteiger partial charge in [0.05, 0.1) is 27.7 Å². The lowest BCUT2D eigenvalue weighted by molar-refractivity contribution is -0.870. The Morgan fingerprint density at radius 2 is 1.56 bits per heavy atom. The lowest BCUT2D eigenvalue weighted by Crippen LogP contribution is -2.35. The van der Waals surface area contributed by atoms with Gasteiger partial charge in [-0.3, -0.25) is 4.79 Å². The van der Waals surface area contributed by atoms with Crippen LogP contribution in [0.1, 0.15) is 30.6 Å².